The van der Waals surface area contributed by atoms with Gasteiger partial charge in [-0.25, -0.2) is 4.98 Å². The average molecular weight is 509 g/mol. The summed E-state index contributed by atoms with van der Waals surface area (Å²) in [5.74, 6) is 0. The molecule has 0 aliphatic rings. The summed E-state index contributed by atoms with van der Waals surface area (Å²) < 4.78 is 0. The minimum absolute atomic E-state index is 1.01. The predicted octanol–water partition coefficient (Wildman–Crippen LogP) is 10.1. The summed E-state index contributed by atoms with van der Waals surface area (Å²) in [5, 5.41) is 8.67. The van der Waals surface area contributed by atoms with Gasteiger partial charge in [-0.2, -0.15) is 0 Å². The van der Waals surface area contributed by atoms with Crippen molar-refractivity contribution in [1.82, 2.24) is 9.97 Å². The van der Waals surface area contributed by atoms with Crippen molar-refractivity contribution in [1.29, 1.82) is 0 Å². The van der Waals surface area contributed by atoms with Crippen LogP contribution in [-0.2, 0) is 0 Å². The van der Waals surface area contributed by atoms with Crippen LogP contribution in [0.25, 0.3) is 76.7 Å². The molecule has 0 spiro atoms. The van der Waals surface area contributed by atoms with E-state index >= 15 is 0 Å². The number of aromatic nitrogens is 2. The summed E-state index contributed by atoms with van der Waals surface area (Å²) >= 11 is 0. The number of nitrogens with zero attached hydrogens (tertiary/aromatic N) is 2. The first-order chi connectivity index (χ1) is 19.8. The van der Waals surface area contributed by atoms with Crippen LogP contribution in [-0.4, -0.2) is 9.97 Å². The van der Waals surface area contributed by atoms with Crippen LogP contribution >= 0.6 is 0 Å². The third-order valence-electron chi connectivity index (χ3n) is 7.92. The van der Waals surface area contributed by atoms with Crippen molar-refractivity contribution in [2.45, 2.75) is 0 Å². The number of pyridine rings is 2. The zero-order valence-electron chi connectivity index (χ0n) is 21.8. The van der Waals surface area contributed by atoms with Crippen LogP contribution in [0.15, 0.2) is 146 Å². The maximum atomic E-state index is 5.32. The largest absolute Gasteiger partial charge is 0.265 e. The number of fused-ring (bicyclic) bond motifs is 8. The molecular weight excluding hydrogens is 484 g/mol. The van der Waals surface area contributed by atoms with Gasteiger partial charge < -0.3 is 0 Å². The van der Waals surface area contributed by atoms with Gasteiger partial charge >= 0.3 is 0 Å². The lowest BCUT2D eigenvalue weighted by Gasteiger charge is -2.16. The van der Waals surface area contributed by atoms with Gasteiger partial charge in [0.15, 0.2) is 0 Å². The van der Waals surface area contributed by atoms with Crippen LogP contribution in [0.2, 0.25) is 0 Å². The Kier molecular flexibility index (Phi) is 5.17. The first kappa shape index (κ1) is 22.6. The highest BCUT2D eigenvalue weighted by Crippen LogP contribution is 2.43. The fraction of sp³-hybridized carbons (Fsp3) is 0. The van der Waals surface area contributed by atoms with Crippen LogP contribution in [0, 0.1) is 0 Å². The van der Waals surface area contributed by atoms with E-state index in [4.69, 9.17) is 4.98 Å². The van der Waals surface area contributed by atoms with E-state index in [0.29, 0.717) is 0 Å². The molecule has 0 saturated carbocycles. The number of hydrogen-bond acceptors (Lipinski definition) is 2. The van der Waals surface area contributed by atoms with E-state index in [-0.39, 0.29) is 0 Å². The second-order valence-electron chi connectivity index (χ2n) is 10.2. The third-order valence-corrected chi connectivity index (χ3v) is 7.92. The number of rotatable bonds is 3. The normalized spacial score (nSPS) is 11.5. The number of benzene rings is 6. The SMILES string of the molecule is c1cc(-c2ccncc2)cc(-c2cccc(-c3nc4ccccc4c4c5ccccc5c5ccccc5c34)c2)c1. The van der Waals surface area contributed by atoms with Crippen molar-refractivity contribution in [3.8, 4) is 33.5 Å². The minimum atomic E-state index is 1.01. The highest BCUT2D eigenvalue weighted by Gasteiger charge is 2.17. The molecule has 0 unspecified atom stereocenters. The van der Waals surface area contributed by atoms with Crippen LogP contribution in [0.3, 0.4) is 0 Å². The molecule has 8 rings (SSSR count). The maximum Gasteiger partial charge on any atom is 0.0794 e. The smallest absolute Gasteiger partial charge is 0.0794 e. The molecular formula is C38H24N2. The van der Waals surface area contributed by atoms with E-state index < -0.39 is 0 Å². The van der Waals surface area contributed by atoms with Crippen LogP contribution in [0.4, 0.5) is 0 Å². The average Bonchev–Trinajstić information content (AvgIpc) is 3.05. The molecule has 0 atom stereocenters. The van der Waals surface area contributed by atoms with Gasteiger partial charge in [-0.05, 0) is 74.1 Å². The maximum absolute atomic E-state index is 5.32. The van der Waals surface area contributed by atoms with Crippen LogP contribution in [0.1, 0.15) is 0 Å². The van der Waals surface area contributed by atoms with E-state index in [0.717, 1.165) is 22.3 Å². The Morgan fingerprint density at radius 3 is 1.52 bits per heavy atom. The second kappa shape index (κ2) is 9.14. The van der Waals surface area contributed by atoms with Gasteiger partial charge in [-0.15, -0.1) is 0 Å². The Labute approximate surface area is 232 Å². The van der Waals surface area contributed by atoms with Gasteiger partial charge in [0, 0.05) is 34.1 Å². The lowest BCUT2D eigenvalue weighted by Crippen LogP contribution is -1.93. The van der Waals surface area contributed by atoms with Gasteiger partial charge in [-0.3, -0.25) is 4.98 Å². The Morgan fingerprint density at radius 1 is 0.350 bits per heavy atom. The van der Waals surface area contributed by atoms with Crippen molar-refractivity contribution in [2.24, 2.45) is 0 Å². The van der Waals surface area contributed by atoms with Crippen LogP contribution < -0.4 is 0 Å². The quantitative estimate of drug-likeness (QED) is 0.222. The first-order valence-electron chi connectivity index (χ1n) is 13.6. The minimum Gasteiger partial charge on any atom is -0.265 e. The third kappa shape index (κ3) is 3.58. The van der Waals surface area contributed by atoms with Gasteiger partial charge in [-0.1, -0.05) is 103 Å². The highest BCUT2D eigenvalue weighted by molar-refractivity contribution is 6.33. The summed E-state index contributed by atoms with van der Waals surface area (Å²) in [6, 6.07) is 47.7. The Morgan fingerprint density at radius 2 is 0.850 bits per heavy atom. The molecule has 8 aromatic rings. The zero-order chi connectivity index (χ0) is 26.5. The van der Waals surface area contributed by atoms with Crippen molar-refractivity contribution >= 4 is 43.2 Å². The molecule has 0 aliphatic carbocycles. The fourth-order valence-electron chi connectivity index (χ4n) is 6.10. The van der Waals surface area contributed by atoms with Crippen molar-refractivity contribution in [3.63, 3.8) is 0 Å². The monoisotopic (exact) mass is 508 g/mol. The summed E-state index contributed by atoms with van der Waals surface area (Å²) in [6.45, 7) is 0. The molecule has 40 heavy (non-hydrogen) atoms. The van der Waals surface area contributed by atoms with Gasteiger partial charge in [0.2, 0.25) is 0 Å². The predicted molar refractivity (Wildman–Crippen MR) is 168 cm³/mol. The molecule has 2 heterocycles. The molecule has 0 fully saturated rings. The zero-order valence-corrected chi connectivity index (χ0v) is 21.8. The number of para-hydroxylation sites is 1. The summed E-state index contributed by atoms with van der Waals surface area (Å²) in [7, 11) is 0. The Bertz CT molecular complexity index is 2210. The van der Waals surface area contributed by atoms with Gasteiger partial charge in [0.05, 0.1) is 11.2 Å². The molecule has 0 N–H and O–H groups in total. The molecule has 0 bridgehead atoms. The first-order valence-corrected chi connectivity index (χ1v) is 13.6. The van der Waals surface area contributed by atoms with Gasteiger partial charge in [0.1, 0.15) is 0 Å². The van der Waals surface area contributed by atoms with E-state index in [2.05, 4.69) is 138 Å². The van der Waals surface area contributed by atoms with E-state index in [1.165, 1.54) is 54.4 Å². The van der Waals surface area contributed by atoms with E-state index in [1.54, 1.807) is 0 Å². The second-order valence-corrected chi connectivity index (χ2v) is 10.2. The molecule has 2 heteroatoms. The van der Waals surface area contributed by atoms with Crippen molar-refractivity contribution in [3.05, 3.63) is 146 Å². The lowest BCUT2D eigenvalue weighted by atomic mass is 9.89. The fourth-order valence-corrected chi connectivity index (χ4v) is 6.10. The standard InChI is InChI=1S/C38H24N2/c1-3-15-32-30(13-1)31-14-2-4-16-33(31)37-36(32)34-17-5-6-18-35(34)40-38(37)29-12-8-11-28(24-29)27-10-7-9-26(23-27)25-19-21-39-22-20-25/h1-24H. The summed E-state index contributed by atoms with van der Waals surface area (Å²) in [4.78, 5) is 9.50. The summed E-state index contributed by atoms with van der Waals surface area (Å²) in [5.41, 5.74) is 7.82. The van der Waals surface area contributed by atoms with E-state index in [1.807, 2.05) is 12.4 Å². The van der Waals surface area contributed by atoms with Crippen molar-refractivity contribution in [2.75, 3.05) is 0 Å². The Balaban J connectivity index is 1.43. The molecule has 0 aliphatic heterocycles. The topological polar surface area (TPSA) is 25.8 Å². The Hall–Kier alpha value is -5.34. The van der Waals surface area contributed by atoms with E-state index in [9.17, 15) is 0 Å². The lowest BCUT2D eigenvalue weighted by molar-refractivity contribution is 1.33. The molecule has 0 radical (unpaired) electrons. The van der Waals surface area contributed by atoms with Crippen LogP contribution in [0.5, 0.6) is 0 Å². The molecule has 0 saturated heterocycles. The number of hydrogen-bond donors (Lipinski definition) is 0. The molecule has 6 aromatic carbocycles. The molecule has 2 aromatic heterocycles. The summed E-state index contributed by atoms with van der Waals surface area (Å²) in [6.07, 6.45) is 3.68. The van der Waals surface area contributed by atoms with Gasteiger partial charge in [0.25, 0.3) is 0 Å². The van der Waals surface area contributed by atoms with Crippen molar-refractivity contribution < 1.29 is 0 Å². The highest BCUT2D eigenvalue weighted by atomic mass is 14.7. The molecule has 2 nitrogen and oxygen atoms in total. The molecule has 186 valence electrons. The molecule has 0 amide bonds.